The first-order valence-electron chi connectivity index (χ1n) is 9.93. The first-order chi connectivity index (χ1) is 12.7. The molecule has 2 aliphatic rings. The summed E-state index contributed by atoms with van der Waals surface area (Å²) in [5, 5.41) is 0. The van der Waals surface area contributed by atoms with Crippen molar-refractivity contribution < 1.29 is 0 Å². The van der Waals surface area contributed by atoms with Gasteiger partial charge in [-0.05, 0) is 72.5 Å². The van der Waals surface area contributed by atoms with E-state index < -0.39 is 0 Å². The highest BCUT2D eigenvalue weighted by atomic mass is 15.1. The van der Waals surface area contributed by atoms with Crippen LogP contribution in [-0.4, -0.2) is 32.9 Å². The average molecular weight is 346 g/mol. The van der Waals surface area contributed by atoms with Crippen LogP contribution in [0.3, 0.4) is 0 Å². The van der Waals surface area contributed by atoms with Crippen molar-refractivity contribution in [3.63, 3.8) is 0 Å². The maximum absolute atomic E-state index is 4.98. The molecule has 0 atom stereocenters. The molecule has 4 nitrogen and oxygen atoms in total. The lowest BCUT2D eigenvalue weighted by Crippen LogP contribution is -2.16. The third-order valence-corrected chi connectivity index (χ3v) is 5.73. The fourth-order valence-corrected chi connectivity index (χ4v) is 4.56. The summed E-state index contributed by atoms with van der Waals surface area (Å²) in [7, 11) is 0. The third kappa shape index (κ3) is 2.68. The van der Waals surface area contributed by atoms with Gasteiger partial charge in [-0.25, -0.2) is 9.97 Å². The van der Waals surface area contributed by atoms with Gasteiger partial charge in [0.1, 0.15) is 0 Å². The number of benzene rings is 2. The Balaban J connectivity index is 1.56. The molecule has 134 valence electrons. The zero-order valence-electron chi connectivity index (χ0n) is 15.8. The maximum atomic E-state index is 4.98. The lowest BCUT2D eigenvalue weighted by molar-refractivity contribution is 0.285. The van der Waals surface area contributed by atoms with Crippen molar-refractivity contribution in [1.82, 2.24) is 19.8 Å². The van der Waals surface area contributed by atoms with Gasteiger partial charge in [0, 0.05) is 26.2 Å². The molecule has 1 aromatic heterocycles. The normalized spacial score (nSPS) is 17.3. The molecule has 0 radical (unpaired) electrons. The van der Waals surface area contributed by atoms with Gasteiger partial charge in [0.25, 0.3) is 0 Å². The molecule has 0 saturated carbocycles. The van der Waals surface area contributed by atoms with E-state index in [9.17, 15) is 0 Å². The molecule has 0 aliphatic carbocycles. The molecule has 0 unspecified atom stereocenters. The largest absolute Gasteiger partial charge is 0.295 e. The van der Waals surface area contributed by atoms with Crippen molar-refractivity contribution in [2.75, 3.05) is 13.1 Å². The smallest absolute Gasteiger partial charge is 0.0898 e. The highest BCUT2D eigenvalue weighted by molar-refractivity contribution is 5.88. The number of hydrogen-bond donors (Lipinski definition) is 0. The van der Waals surface area contributed by atoms with Gasteiger partial charge in [0.15, 0.2) is 0 Å². The molecule has 0 saturated heterocycles. The Bertz CT molecular complexity index is 844. The second-order valence-electron chi connectivity index (χ2n) is 7.86. The molecular formula is C22H26N4. The zero-order chi connectivity index (χ0) is 17.7. The Hall–Kier alpha value is -2.04. The lowest BCUT2D eigenvalue weighted by Gasteiger charge is -2.11. The van der Waals surface area contributed by atoms with Crippen LogP contribution in [0.5, 0.6) is 0 Å². The molecule has 3 heterocycles. The molecule has 0 fully saturated rings. The van der Waals surface area contributed by atoms with E-state index in [-0.39, 0.29) is 0 Å². The molecule has 0 bridgehead atoms. The van der Waals surface area contributed by atoms with E-state index in [2.05, 4.69) is 47.9 Å². The van der Waals surface area contributed by atoms with Crippen LogP contribution < -0.4 is 0 Å². The van der Waals surface area contributed by atoms with E-state index in [4.69, 9.17) is 9.97 Å². The number of hydrogen-bond acceptors (Lipinski definition) is 4. The van der Waals surface area contributed by atoms with Crippen molar-refractivity contribution in [3.05, 3.63) is 46.5 Å². The summed E-state index contributed by atoms with van der Waals surface area (Å²) in [6.07, 6.45) is 2.41. The van der Waals surface area contributed by atoms with E-state index in [0.717, 1.165) is 61.3 Å². The van der Waals surface area contributed by atoms with Crippen molar-refractivity contribution >= 4 is 22.1 Å². The summed E-state index contributed by atoms with van der Waals surface area (Å²) >= 11 is 0. The minimum absolute atomic E-state index is 1.04. The van der Waals surface area contributed by atoms with Crippen LogP contribution in [0.4, 0.5) is 0 Å². The molecule has 3 aromatic rings. The summed E-state index contributed by atoms with van der Waals surface area (Å²) in [6.45, 7) is 11.0. The molecular weight excluding hydrogens is 320 g/mol. The van der Waals surface area contributed by atoms with Crippen molar-refractivity contribution in [3.8, 4) is 0 Å². The molecule has 5 rings (SSSR count). The second kappa shape index (κ2) is 6.29. The van der Waals surface area contributed by atoms with Crippen LogP contribution in [0.25, 0.3) is 22.1 Å². The third-order valence-electron chi connectivity index (χ3n) is 5.73. The SMILES string of the molecule is CCCN1Cc2cc3nc4cc5c(cc4nc3cc2C1)CN(CCC)C5. The predicted octanol–water partition coefficient (Wildman–Crippen LogP) is 4.23. The molecule has 0 N–H and O–H groups in total. The summed E-state index contributed by atoms with van der Waals surface area (Å²) < 4.78 is 0. The summed E-state index contributed by atoms with van der Waals surface area (Å²) in [6, 6.07) is 9.07. The summed E-state index contributed by atoms with van der Waals surface area (Å²) in [5.41, 5.74) is 9.86. The first kappa shape index (κ1) is 16.2. The van der Waals surface area contributed by atoms with Crippen LogP contribution in [0.1, 0.15) is 48.9 Å². The molecule has 4 heteroatoms. The van der Waals surface area contributed by atoms with Crippen LogP contribution in [0, 0.1) is 0 Å². The van der Waals surface area contributed by atoms with Gasteiger partial charge in [0.2, 0.25) is 0 Å². The Kier molecular flexibility index (Phi) is 3.91. The monoisotopic (exact) mass is 346 g/mol. The van der Waals surface area contributed by atoms with Crippen LogP contribution in [0.2, 0.25) is 0 Å². The Morgan fingerprint density at radius 2 is 0.923 bits per heavy atom. The Labute approximate surface area is 154 Å². The van der Waals surface area contributed by atoms with E-state index in [1.165, 1.54) is 35.1 Å². The molecule has 2 aliphatic heterocycles. The molecule has 26 heavy (non-hydrogen) atoms. The Morgan fingerprint density at radius 3 is 1.19 bits per heavy atom. The number of fused-ring (bicyclic) bond motifs is 4. The van der Waals surface area contributed by atoms with E-state index >= 15 is 0 Å². The van der Waals surface area contributed by atoms with Gasteiger partial charge in [-0.15, -0.1) is 0 Å². The van der Waals surface area contributed by atoms with Crippen molar-refractivity contribution in [2.45, 2.75) is 52.9 Å². The van der Waals surface area contributed by atoms with Gasteiger partial charge in [-0.2, -0.15) is 0 Å². The van der Waals surface area contributed by atoms with Crippen LogP contribution in [0.15, 0.2) is 24.3 Å². The van der Waals surface area contributed by atoms with Gasteiger partial charge in [0.05, 0.1) is 22.1 Å². The minimum Gasteiger partial charge on any atom is -0.295 e. The quantitative estimate of drug-likeness (QED) is 0.662. The van der Waals surface area contributed by atoms with E-state index in [1.54, 1.807) is 0 Å². The van der Waals surface area contributed by atoms with Gasteiger partial charge in [-0.1, -0.05) is 13.8 Å². The summed E-state index contributed by atoms with van der Waals surface area (Å²) in [4.78, 5) is 15.0. The first-order valence-corrected chi connectivity index (χ1v) is 9.93. The predicted molar refractivity (Wildman–Crippen MR) is 106 cm³/mol. The number of rotatable bonds is 4. The zero-order valence-corrected chi connectivity index (χ0v) is 15.8. The minimum atomic E-state index is 1.04. The van der Waals surface area contributed by atoms with Crippen molar-refractivity contribution in [2.24, 2.45) is 0 Å². The topological polar surface area (TPSA) is 32.3 Å². The highest BCUT2D eigenvalue weighted by Gasteiger charge is 2.21. The second-order valence-corrected chi connectivity index (χ2v) is 7.86. The van der Waals surface area contributed by atoms with Gasteiger partial charge in [-0.3, -0.25) is 9.80 Å². The van der Waals surface area contributed by atoms with Gasteiger partial charge >= 0.3 is 0 Å². The van der Waals surface area contributed by atoms with E-state index in [0.29, 0.717) is 0 Å². The van der Waals surface area contributed by atoms with Crippen LogP contribution >= 0.6 is 0 Å². The number of aromatic nitrogens is 2. The molecule has 0 amide bonds. The standard InChI is InChI=1S/C22H26N4/c1-3-5-25-11-15-7-19-20(8-16(15)12-25)24-22-10-18-14-26(6-4-2)13-17(18)9-21(22)23-19/h7-10H,3-6,11-14H2,1-2H3. The lowest BCUT2D eigenvalue weighted by atomic mass is 10.1. The highest BCUT2D eigenvalue weighted by Crippen LogP contribution is 2.30. The fraction of sp³-hybridized carbons (Fsp3) is 0.455. The molecule has 0 spiro atoms. The number of nitrogens with zero attached hydrogens (tertiary/aromatic N) is 4. The fourth-order valence-electron chi connectivity index (χ4n) is 4.56. The van der Waals surface area contributed by atoms with E-state index in [1.807, 2.05) is 0 Å². The van der Waals surface area contributed by atoms with Crippen molar-refractivity contribution in [1.29, 1.82) is 0 Å². The maximum Gasteiger partial charge on any atom is 0.0898 e. The van der Waals surface area contributed by atoms with Gasteiger partial charge < -0.3 is 0 Å². The Morgan fingerprint density at radius 1 is 0.615 bits per heavy atom. The van der Waals surface area contributed by atoms with Crippen LogP contribution in [-0.2, 0) is 26.2 Å². The molecule has 2 aromatic carbocycles. The average Bonchev–Trinajstić information content (AvgIpc) is 3.18. The summed E-state index contributed by atoms with van der Waals surface area (Å²) in [5.74, 6) is 0.